The van der Waals surface area contributed by atoms with Gasteiger partial charge in [-0.25, -0.2) is 0 Å². The molecule has 1 nitrogen and oxygen atoms in total. The van der Waals surface area contributed by atoms with Crippen molar-refractivity contribution in [1.82, 2.24) is 0 Å². The molecule has 2 aliphatic rings. The predicted octanol–water partition coefficient (Wildman–Crippen LogP) is 2.11. The van der Waals surface area contributed by atoms with Crippen LogP contribution in [0.4, 0.5) is 0 Å². The van der Waals surface area contributed by atoms with Gasteiger partial charge in [-0.3, -0.25) is 4.99 Å². The summed E-state index contributed by atoms with van der Waals surface area (Å²) >= 11 is 0. The molecule has 0 N–H and O–H groups in total. The Kier molecular flexibility index (Phi) is 1.42. The van der Waals surface area contributed by atoms with Crippen LogP contribution in [0.3, 0.4) is 0 Å². The molecule has 0 radical (unpaired) electrons. The summed E-state index contributed by atoms with van der Waals surface area (Å²) in [4.78, 5) is 4.41. The Morgan fingerprint density at radius 1 is 1.40 bits per heavy atom. The number of hydrogen-bond acceptors (Lipinski definition) is 1. The number of rotatable bonds is 0. The van der Waals surface area contributed by atoms with Crippen molar-refractivity contribution in [1.29, 1.82) is 0 Å². The van der Waals surface area contributed by atoms with Crippen LogP contribution in [-0.2, 0) is 0 Å². The Morgan fingerprint density at radius 2 is 2.40 bits per heavy atom. The second kappa shape index (κ2) is 2.41. The lowest BCUT2D eigenvalue weighted by Gasteiger charge is -2.20. The maximum absolute atomic E-state index is 4.41. The summed E-state index contributed by atoms with van der Waals surface area (Å²) in [6, 6.07) is 0.499. The summed E-state index contributed by atoms with van der Waals surface area (Å²) in [6.45, 7) is 0. The average Bonchev–Trinajstić information content (AvgIpc) is 2.05. The first-order chi connectivity index (χ1) is 4.97. The Bertz CT molecular complexity index is 211. The van der Waals surface area contributed by atoms with Gasteiger partial charge in [0.15, 0.2) is 0 Å². The summed E-state index contributed by atoms with van der Waals surface area (Å²) in [6.07, 6.45) is 12.1. The Morgan fingerprint density at radius 3 is 3.30 bits per heavy atom. The minimum absolute atomic E-state index is 0.499. The Labute approximate surface area is 61.2 Å². The van der Waals surface area contributed by atoms with Crippen LogP contribution in [0, 0.1) is 0 Å². The normalized spacial score (nSPS) is 29.6. The third-order valence-corrected chi connectivity index (χ3v) is 2.08. The van der Waals surface area contributed by atoms with Crippen molar-refractivity contribution < 1.29 is 0 Å². The zero-order chi connectivity index (χ0) is 6.81. The molecule has 0 aromatic rings. The quantitative estimate of drug-likeness (QED) is 0.449. The first-order valence-corrected chi connectivity index (χ1v) is 3.82. The first kappa shape index (κ1) is 5.90. The lowest BCUT2D eigenvalue weighted by Crippen LogP contribution is -2.13. The molecule has 1 aliphatic heterocycles. The van der Waals surface area contributed by atoms with Crippen molar-refractivity contribution in [2.24, 2.45) is 4.99 Å². The van der Waals surface area contributed by atoms with Crippen LogP contribution in [-0.4, -0.2) is 12.3 Å². The van der Waals surface area contributed by atoms with Gasteiger partial charge in [0.1, 0.15) is 0 Å². The largest absolute Gasteiger partial charge is 0.289 e. The summed E-state index contributed by atoms with van der Waals surface area (Å²) < 4.78 is 0. The molecule has 1 atom stereocenters. The molecule has 0 spiro atoms. The lowest BCUT2D eigenvalue weighted by atomic mass is 9.93. The van der Waals surface area contributed by atoms with E-state index in [0.717, 1.165) is 19.3 Å². The van der Waals surface area contributed by atoms with Gasteiger partial charge in [-0.1, -0.05) is 18.2 Å². The van der Waals surface area contributed by atoms with E-state index in [0.29, 0.717) is 6.04 Å². The fraction of sp³-hybridized carbons (Fsp3) is 0.444. The van der Waals surface area contributed by atoms with E-state index in [-0.39, 0.29) is 0 Å². The minimum atomic E-state index is 0.499. The van der Waals surface area contributed by atoms with Crippen LogP contribution in [0.15, 0.2) is 28.8 Å². The van der Waals surface area contributed by atoms with Gasteiger partial charge < -0.3 is 0 Å². The molecule has 10 heavy (non-hydrogen) atoms. The topological polar surface area (TPSA) is 12.4 Å². The third-order valence-electron chi connectivity index (χ3n) is 2.08. The van der Waals surface area contributed by atoms with Crippen LogP contribution in [0.1, 0.15) is 19.3 Å². The summed E-state index contributed by atoms with van der Waals surface area (Å²) in [5, 5.41) is 0. The Hall–Kier alpha value is -0.850. The van der Waals surface area contributed by atoms with E-state index in [1.165, 1.54) is 5.57 Å². The molecule has 0 saturated heterocycles. The molecule has 0 bridgehead atoms. The SMILES string of the molecule is C1=CCC2N=CCC=C2C1. The van der Waals surface area contributed by atoms with Gasteiger partial charge in [-0.15, -0.1) is 0 Å². The van der Waals surface area contributed by atoms with Crippen molar-refractivity contribution in [3.8, 4) is 0 Å². The van der Waals surface area contributed by atoms with Crippen molar-refractivity contribution in [2.75, 3.05) is 0 Å². The second-order valence-corrected chi connectivity index (χ2v) is 2.77. The number of nitrogens with zero attached hydrogens (tertiary/aromatic N) is 1. The standard InChI is InChI=1S/C9H11N/c1-2-6-9-8(4-1)5-3-7-10-9/h1-2,5,7,9H,3-4,6H2. The molecule has 1 heterocycles. The molecule has 0 saturated carbocycles. The van der Waals surface area contributed by atoms with Crippen LogP contribution >= 0.6 is 0 Å². The molecule has 0 fully saturated rings. The molecule has 2 rings (SSSR count). The van der Waals surface area contributed by atoms with E-state index in [1.54, 1.807) is 0 Å². The van der Waals surface area contributed by atoms with Crippen molar-refractivity contribution in [3.63, 3.8) is 0 Å². The van der Waals surface area contributed by atoms with E-state index in [2.05, 4.69) is 23.2 Å². The van der Waals surface area contributed by atoms with Gasteiger partial charge in [-0.2, -0.15) is 0 Å². The molecule has 1 unspecified atom stereocenters. The fourth-order valence-corrected chi connectivity index (χ4v) is 1.50. The van der Waals surface area contributed by atoms with Crippen LogP contribution < -0.4 is 0 Å². The van der Waals surface area contributed by atoms with Gasteiger partial charge in [0, 0.05) is 12.6 Å². The molecule has 1 heteroatoms. The monoisotopic (exact) mass is 133 g/mol. The van der Waals surface area contributed by atoms with E-state index >= 15 is 0 Å². The van der Waals surface area contributed by atoms with Crippen molar-refractivity contribution in [3.05, 3.63) is 23.8 Å². The number of dihydropyridines is 1. The number of fused-ring (bicyclic) bond motifs is 1. The summed E-state index contributed by atoms with van der Waals surface area (Å²) in [7, 11) is 0. The first-order valence-electron chi connectivity index (χ1n) is 3.82. The van der Waals surface area contributed by atoms with E-state index in [1.807, 2.05) is 6.21 Å². The molecule has 0 aromatic carbocycles. The highest BCUT2D eigenvalue weighted by atomic mass is 14.8. The molecule has 1 aliphatic carbocycles. The van der Waals surface area contributed by atoms with Crippen molar-refractivity contribution >= 4 is 6.21 Å². The summed E-state index contributed by atoms with van der Waals surface area (Å²) in [5.74, 6) is 0. The lowest BCUT2D eigenvalue weighted by molar-refractivity contribution is 0.732. The maximum Gasteiger partial charge on any atom is 0.0742 e. The summed E-state index contributed by atoms with van der Waals surface area (Å²) in [5.41, 5.74) is 1.52. The zero-order valence-electron chi connectivity index (χ0n) is 5.96. The highest BCUT2D eigenvalue weighted by Gasteiger charge is 2.14. The van der Waals surface area contributed by atoms with E-state index in [4.69, 9.17) is 0 Å². The molecule has 0 aromatic heterocycles. The van der Waals surface area contributed by atoms with Crippen LogP contribution in [0.5, 0.6) is 0 Å². The average molecular weight is 133 g/mol. The van der Waals surface area contributed by atoms with Gasteiger partial charge in [0.05, 0.1) is 6.04 Å². The third kappa shape index (κ3) is 0.919. The highest BCUT2D eigenvalue weighted by molar-refractivity contribution is 5.62. The highest BCUT2D eigenvalue weighted by Crippen LogP contribution is 2.23. The second-order valence-electron chi connectivity index (χ2n) is 2.77. The van der Waals surface area contributed by atoms with Gasteiger partial charge in [0.2, 0.25) is 0 Å². The number of hydrogen-bond donors (Lipinski definition) is 0. The predicted molar refractivity (Wildman–Crippen MR) is 43.4 cm³/mol. The van der Waals surface area contributed by atoms with E-state index < -0.39 is 0 Å². The smallest absolute Gasteiger partial charge is 0.0742 e. The molecular weight excluding hydrogens is 122 g/mol. The van der Waals surface area contributed by atoms with E-state index in [9.17, 15) is 0 Å². The maximum atomic E-state index is 4.41. The van der Waals surface area contributed by atoms with Gasteiger partial charge in [-0.05, 0) is 18.4 Å². The van der Waals surface area contributed by atoms with Crippen LogP contribution in [0.25, 0.3) is 0 Å². The minimum Gasteiger partial charge on any atom is -0.289 e. The molecular formula is C9H11N. The van der Waals surface area contributed by atoms with Crippen LogP contribution in [0.2, 0.25) is 0 Å². The van der Waals surface area contributed by atoms with Crippen molar-refractivity contribution in [2.45, 2.75) is 25.3 Å². The zero-order valence-corrected chi connectivity index (χ0v) is 5.96. The number of allylic oxidation sites excluding steroid dienone is 2. The van der Waals surface area contributed by atoms with Gasteiger partial charge >= 0.3 is 0 Å². The fourth-order valence-electron chi connectivity index (χ4n) is 1.50. The molecule has 0 amide bonds. The number of aliphatic imine (C=N–C) groups is 1. The Balaban J connectivity index is 2.23. The van der Waals surface area contributed by atoms with Gasteiger partial charge in [0.25, 0.3) is 0 Å². The molecule has 52 valence electrons.